The highest BCUT2D eigenvalue weighted by Gasteiger charge is 2.19. The molecule has 0 atom stereocenters. The lowest BCUT2D eigenvalue weighted by Gasteiger charge is -2.33. The maximum Gasteiger partial charge on any atom is 0.229 e. The van der Waals surface area contributed by atoms with Gasteiger partial charge in [-0.3, -0.25) is 0 Å². The molecule has 2 aliphatic rings. The Labute approximate surface area is 119 Å². The molecule has 3 rings (SSSR count). The highest BCUT2D eigenvalue weighted by Crippen LogP contribution is 2.20. The van der Waals surface area contributed by atoms with Crippen LogP contribution >= 0.6 is 0 Å². The third-order valence-electron chi connectivity index (χ3n) is 3.84. The van der Waals surface area contributed by atoms with Gasteiger partial charge in [0.1, 0.15) is 11.6 Å². The van der Waals surface area contributed by atoms with Crippen molar-refractivity contribution in [1.29, 1.82) is 0 Å². The van der Waals surface area contributed by atoms with E-state index in [1.807, 2.05) is 6.07 Å². The molecule has 0 spiro atoms. The highest BCUT2D eigenvalue weighted by molar-refractivity contribution is 5.52. The summed E-state index contributed by atoms with van der Waals surface area (Å²) in [6, 6.07) is 1.85. The fourth-order valence-electron chi connectivity index (χ4n) is 2.54. The van der Waals surface area contributed by atoms with Crippen LogP contribution in [0.4, 0.5) is 17.6 Å². The van der Waals surface area contributed by atoms with E-state index in [0.717, 1.165) is 64.2 Å². The Hall–Kier alpha value is -1.60. The van der Waals surface area contributed by atoms with Crippen LogP contribution < -0.4 is 15.5 Å². The number of piperazine rings is 1. The van der Waals surface area contributed by atoms with E-state index < -0.39 is 0 Å². The summed E-state index contributed by atoms with van der Waals surface area (Å²) in [6.07, 6.45) is 0. The number of aromatic nitrogens is 2. The van der Waals surface area contributed by atoms with E-state index in [4.69, 9.17) is 15.5 Å². The van der Waals surface area contributed by atoms with Crippen molar-refractivity contribution in [2.24, 2.45) is 0 Å². The van der Waals surface area contributed by atoms with Gasteiger partial charge in [0.2, 0.25) is 5.95 Å². The van der Waals surface area contributed by atoms with Crippen LogP contribution in [-0.2, 0) is 4.74 Å². The summed E-state index contributed by atoms with van der Waals surface area (Å²) >= 11 is 0. The average Bonchev–Trinajstić information content (AvgIpc) is 2.48. The molecule has 1 aromatic rings. The molecule has 0 bridgehead atoms. The quantitative estimate of drug-likeness (QED) is 0.792. The highest BCUT2D eigenvalue weighted by atomic mass is 16.5. The molecule has 2 saturated heterocycles. The minimum atomic E-state index is 0.537. The largest absolute Gasteiger partial charge is 0.383 e. The molecule has 2 N–H and O–H groups in total. The molecule has 2 fully saturated rings. The number of hydrogen-bond acceptors (Lipinski definition) is 7. The number of hydrogen-bond donors (Lipinski definition) is 1. The number of anilines is 3. The Bertz CT molecular complexity index is 454. The summed E-state index contributed by atoms with van der Waals surface area (Å²) < 4.78 is 5.38. The minimum absolute atomic E-state index is 0.537. The van der Waals surface area contributed by atoms with Gasteiger partial charge in [0.25, 0.3) is 0 Å². The van der Waals surface area contributed by atoms with Gasteiger partial charge in [-0.15, -0.1) is 0 Å². The minimum Gasteiger partial charge on any atom is -0.383 e. The number of rotatable bonds is 2. The first-order valence-electron chi connectivity index (χ1n) is 7.13. The van der Waals surface area contributed by atoms with Crippen LogP contribution in [-0.4, -0.2) is 74.4 Å². The molecular formula is C13H22N6O. The zero-order valence-corrected chi connectivity index (χ0v) is 12.0. The molecule has 0 amide bonds. The van der Waals surface area contributed by atoms with Crippen molar-refractivity contribution in [2.45, 2.75) is 0 Å². The molecule has 1 aromatic heterocycles. The normalized spacial score (nSPS) is 21.2. The van der Waals surface area contributed by atoms with Crippen molar-refractivity contribution in [3.63, 3.8) is 0 Å². The Morgan fingerprint density at radius 2 is 1.70 bits per heavy atom. The summed E-state index contributed by atoms with van der Waals surface area (Å²) in [5.74, 6) is 2.20. The standard InChI is InChI=1S/C13H22N6O/c1-17-2-4-19(5-3-17)13-15-11(14)10-12(16-13)18-6-8-20-9-7-18/h10H,2-9H2,1H3,(H2,14,15,16). The third-order valence-corrected chi connectivity index (χ3v) is 3.84. The van der Waals surface area contributed by atoms with Crippen LogP contribution in [0, 0.1) is 0 Å². The number of likely N-dealkylation sites (N-methyl/N-ethyl adjacent to an activating group) is 1. The molecule has 2 aliphatic heterocycles. The van der Waals surface area contributed by atoms with E-state index >= 15 is 0 Å². The Morgan fingerprint density at radius 3 is 2.40 bits per heavy atom. The van der Waals surface area contributed by atoms with E-state index in [9.17, 15) is 0 Å². The Balaban J connectivity index is 1.79. The van der Waals surface area contributed by atoms with Gasteiger partial charge in [0.15, 0.2) is 0 Å². The lowest BCUT2D eigenvalue weighted by atomic mass is 10.3. The van der Waals surface area contributed by atoms with Gasteiger partial charge in [0.05, 0.1) is 13.2 Å². The molecule has 0 radical (unpaired) electrons. The molecule has 0 aliphatic carbocycles. The summed E-state index contributed by atoms with van der Waals surface area (Å²) in [5.41, 5.74) is 5.95. The van der Waals surface area contributed by atoms with Gasteiger partial charge in [0, 0.05) is 45.3 Å². The molecule has 0 unspecified atom stereocenters. The van der Waals surface area contributed by atoms with Crippen LogP contribution in [0.3, 0.4) is 0 Å². The number of nitrogen functional groups attached to an aromatic ring is 1. The molecule has 7 heteroatoms. The van der Waals surface area contributed by atoms with Crippen LogP contribution in [0.1, 0.15) is 0 Å². The van der Waals surface area contributed by atoms with Crippen LogP contribution in [0.25, 0.3) is 0 Å². The number of morpholine rings is 1. The van der Waals surface area contributed by atoms with Crippen molar-refractivity contribution >= 4 is 17.6 Å². The zero-order chi connectivity index (χ0) is 13.9. The maximum absolute atomic E-state index is 5.95. The molecular weight excluding hydrogens is 256 g/mol. The van der Waals surface area contributed by atoms with Crippen molar-refractivity contribution < 1.29 is 4.74 Å². The molecule has 7 nitrogen and oxygen atoms in total. The van der Waals surface area contributed by atoms with Gasteiger partial charge < -0.3 is 25.2 Å². The zero-order valence-electron chi connectivity index (χ0n) is 12.0. The molecule has 3 heterocycles. The van der Waals surface area contributed by atoms with Gasteiger partial charge in [-0.1, -0.05) is 0 Å². The average molecular weight is 278 g/mol. The Kier molecular flexibility index (Phi) is 3.88. The second-order valence-electron chi connectivity index (χ2n) is 5.34. The first-order valence-corrected chi connectivity index (χ1v) is 7.13. The van der Waals surface area contributed by atoms with E-state index in [0.29, 0.717) is 5.82 Å². The predicted octanol–water partition coefficient (Wildman–Crippen LogP) is -0.353. The summed E-state index contributed by atoms with van der Waals surface area (Å²) in [4.78, 5) is 15.8. The molecule has 20 heavy (non-hydrogen) atoms. The van der Waals surface area contributed by atoms with Gasteiger partial charge in [-0.25, -0.2) is 0 Å². The lowest BCUT2D eigenvalue weighted by Crippen LogP contribution is -2.45. The lowest BCUT2D eigenvalue weighted by molar-refractivity contribution is 0.122. The summed E-state index contributed by atoms with van der Waals surface area (Å²) in [5, 5.41) is 0. The van der Waals surface area contributed by atoms with E-state index in [2.05, 4.69) is 26.7 Å². The summed E-state index contributed by atoms with van der Waals surface area (Å²) in [7, 11) is 2.14. The van der Waals surface area contributed by atoms with Gasteiger partial charge in [-0.05, 0) is 7.05 Å². The monoisotopic (exact) mass is 278 g/mol. The second-order valence-corrected chi connectivity index (χ2v) is 5.34. The smallest absolute Gasteiger partial charge is 0.229 e. The van der Waals surface area contributed by atoms with Gasteiger partial charge >= 0.3 is 0 Å². The number of nitrogens with zero attached hydrogens (tertiary/aromatic N) is 5. The first kappa shape index (κ1) is 13.4. The maximum atomic E-state index is 5.95. The van der Waals surface area contributed by atoms with Crippen molar-refractivity contribution in [1.82, 2.24) is 14.9 Å². The van der Waals surface area contributed by atoms with E-state index in [1.165, 1.54) is 0 Å². The van der Waals surface area contributed by atoms with Gasteiger partial charge in [-0.2, -0.15) is 9.97 Å². The molecule has 0 aromatic carbocycles. The predicted molar refractivity (Wildman–Crippen MR) is 79.2 cm³/mol. The van der Waals surface area contributed by atoms with Crippen molar-refractivity contribution in [3.8, 4) is 0 Å². The van der Waals surface area contributed by atoms with Crippen LogP contribution in [0.5, 0.6) is 0 Å². The number of nitrogens with two attached hydrogens (primary N) is 1. The van der Waals surface area contributed by atoms with Crippen molar-refractivity contribution in [2.75, 3.05) is 75.1 Å². The molecule has 110 valence electrons. The SMILES string of the molecule is CN1CCN(c2nc(N)cc(N3CCOCC3)n2)CC1. The topological polar surface area (TPSA) is 70.8 Å². The second kappa shape index (κ2) is 5.80. The molecule has 0 saturated carbocycles. The van der Waals surface area contributed by atoms with E-state index in [1.54, 1.807) is 0 Å². The van der Waals surface area contributed by atoms with Crippen LogP contribution in [0.15, 0.2) is 6.07 Å². The van der Waals surface area contributed by atoms with E-state index in [-0.39, 0.29) is 0 Å². The Morgan fingerprint density at radius 1 is 1.00 bits per heavy atom. The third kappa shape index (κ3) is 2.94. The fraction of sp³-hybridized carbons (Fsp3) is 0.692. The first-order chi connectivity index (χ1) is 9.72. The van der Waals surface area contributed by atoms with Crippen molar-refractivity contribution in [3.05, 3.63) is 6.07 Å². The number of ether oxygens (including phenoxy) is 1. The van der Waals surface area contributed by atoms with Crippen LogP contribution in [0.2, 0.25) is 0 Å². The fourth-order valence-corrected chi connectivity index (χ4v) is 2.54. The summed E-state index contributed by atoms with van der Waals surface area (Å²) in [6.45, 7) is 7.17.